The average Bonchev–Trinajstić information content (AvgIpc) is 3.76. The quantitative estimate of drug-likeness (QED) is 0.205. The lowest BCUT2D eigenvalue weighted by Gasteiger charge is -2.12. The van der Waals surface area contributed by atoms with E-state index in [1.165, 1.54) is 53.7 Å². The first-order valence-electron chi connectivity index (χ1n) is 15.1. The highest BCUT2D eigenvalue weighted by molar-refractivity contribution is 7.26. The van der Waals surface area contributed by atoms with E-state index >= 15 is 0 Å². The number of hydrogen-bond acceptors (Lipinski definition) is 3. The molecule has 0 saturated heterocycles. The molecule has 210 valence electrons. The molecule has 0 aliphatic rings. The Kier molecular flexibility index (Phi) is 5.12. The molecule has 4 aromatic heterocycles. The summed E-state index contributed by atoms with van der Waals surface area (Å²) in [6.07, 6.45) is 1.70. The molecule has 10 rings (SSSR count). The molecule has 4 heterocycles. The summed E-state index contributed by atoms with van der Waals surface area (Å²) in [6, 6.07) is 50.1. The van der Waals surface area contributed by atoms with Crippen LogP contribution in [0.1, 0.15) is 0 Å². The second-order valence-electron chi connectivity index (χ2n) is 11.4. The second kappa shape index (κ2) is 9.36. The number of fused-ring (bicyclic) bond motifs is 10. The van der Waals surface area contributed by atoms with Gasteiger partial charge in [-0.25, -0.2) is 9.97 Å². The molecule has 45 heavy (non-hydrogen) atoms. The van der Waals surface area contributed by atoms with Crippen molar-refractivity contribution in [3.63, 3.8) is 0 Å². The summed E-state index contributed by atoms with van der Waals surface area (Å²) in [4.78, 5) is 9.53. The van der Waals surface area contributed by atoms with Crippen LogP contribution in [-0.4, -0.2) is 19.1 Å². The Morgan fingerprint density at radius 3 is 2.07 bits per heavy atom. The molecule has 0 atom stereocenters. The van der Waals surface area contributed by atoms with E-state index in [2.05, 4.69) is 149 Å². The molecule has 0 N–H and O–H groups in total. The van der Waals surface area contributed by atoms with Crippen molar-refractivity contribution in [1.29, 1.82) is 0 Å². The minimum Gasteiger partial charge on any atom is -0.309 e. The summed E-state index contributed by atoms with van der Waals surface area (Å²) >= 11 is 1.76. The Bertz CT molecular complexity index is 2770. The van der Waals surface area contributed by atoms with Gasteiger partial charge in [-0.2, -0.15) is 0 Å². The topological polar surface area (TPSA) is 35.6 Å². The van der Waals surface area contributed by atoms with Crippen molar-refractivity contribution in [3.8, 4) is 22.6 Å². The lowest BCUT2D eigenvalue weighted by Crippen LogP contribution is -1.96. The summed E-state index contributed by atoms with van der Waals surface area (Å²) in [7, 11) is 0. The smallest absolute Gasteiger partial charge is 0.116 e. The van der Waals surface area contributed by atoms with Crippen LogP contribution in [0.3, 0.4) is 0 Å². The standard InChI is InChI=1S/C40H24N4S/c1-2-12-26(13-3-1)43-33-19-8-5-16-30(33)36-34(43)22-21-29-28-15-4-7-18-32(28)44(39(29)36)27-14-10-11-25(23-27)37-40-38(42-24-41-37)31-17-6-9-20-35(31)45-40/h1-24H. The molecule has 0 fully saturated rings. The highest BCUT2D eigenvalue weighted by atomic mass is 32.1. The van der Waals surface area contributed by atoms with Crippen molar-refractivity contribution in [1.82, 2.24) is 19.1 Å². The third kappa shape index (κ3) is 3.47. The molecule has 4 nitrogen and oxygen atoms in total. The van der Waals surface area contributed by atoms with Crippen molar-refractivity contribution >= 4 is 75.3 Å². The first-order valence-corrected chi connectivity index (χ1v) is 15.9. The zero-order chi connectivity index (χ0) is 29.5. The van der Waals surface area contributed by atoms with Crippen molar-refractivity contribution in [3.05, 3.63) is 146 Å². The van der Waals surface area contributed by atoms with Gasteiger partial charge in [0.15, 0.2) is 0 Å². The van der Waals surface area contributed by atoms with Crippen LogP contribution < -0.4 is 0 Å². The molecule has 6 aromatic carbocycles. The van der Waals surface area contributed by atoms with Crippen LogP contribution in [0.4, 0.5) is 0 Å². The van der Waals surface area contributed by atoms with Gasteiger partial charge in [0, 0.05) is 48.6 Å². The zero-order valence-electron chi connectivity index (χ0n) is 24.1. The predicted octanol–water partition coefficient (Wildman–Crippen LogP) is 10.7. The summed E-state index contributed by atoms with van der Waals surface area (Å²) in [6.45, 7) is 0. The van der Waals surface area contributed by atoms with E-state index < -0.39 is 0 Å². The molecule has 0 amide bonds. The zero-order valence-corrected chi connectivity index (χ0v) is 24.9. The lowest BCUT2D eigenvalue weighted by molar-refractivity contribution is 1.17. The maximum Gasteiger partial charge on any atom is 0.116 e. The van der Waals surface area contributed by atoms with Gasteiger partial charge in [-0.15, -0.1) is 11.3 Å². The molecule has 0 aliphatic heterocycles. The van der Waals surface area contributed by atoms with Crippen LogP contribution in [-0.2, 0) is 0 Å². The van der Waals surface area contributed by atoms with Crippen LogP contribution in [0.25, 0.3) is 86.5 Å². The number of aromatic nitrogens is 4. The fourth-order valence-electron chi connectivity index (χ4n) is 7.15. The Balaban J connectivity index is 1.31. The van der Waals surface area contributed by atoms with Crippen LogP contribution in [0.15, 0.2) is 146 Å². The molecular weight excluding hydrogens is 569 g/mol. The summed E-state index contributed by atoms with van der Waals surface area (Å²) in [5, 5.41) is 6.16. The fraction of sp³-hybridized carbons (Fsp3) is 0. The van der Waals surface area contributed by atoms with Crippen molar-refractivity contribution in [2.75, 3.05) is 0 Å². The van der Waals surface area contributed by atoms with Gasteiger partial charge in [-0.1, -0.05) is 91.0 Å². The Morgan fingerprint density at radius 2 is 1.20 bits per heavy atom. The molecule has 0 unspecified atom stereocenters. The Labute approximate surface area is 262 Å². The van der Waals surface area contributed by atoms with Crippen LogP contribution in [0.2, 0.25) is 0 Å². The fourth-order valence-corrected chi connectivity index (χ4v) is 8.32. The van der Waals surface area contributed by atoms with E-state index in [-0.39, 0.29) is 0 Å². The summed E-state index contributed by atoms with van der Waals surface area (Å²) in [5.74, 6) is 0. The van der Waals surface area contributed by atoms with Gasteiger partial charge >= 0.3 is 0 Å². The van der Waals surface area contributed by atoms with Gasteiger partial charge in [0.2, 0.25) is 0 Å². The van der Waals surface area contributed by atoms with Crippen molar-refractivity contribution in [2.24, 2.45) is 0 Å². The van der Waals surface area contributed by atoms with Crippen molar-refractivity contribution in [2.45, 2.75) is 0 Å². The molecule has 10 aromatic rings. The minimum atomic E-state index is 0.967. The van der Waals surface area contributed by atoms with Crippen LogP contribution in [0.5, 0.6) is 0 Å². The van der Waals surface area contributed by atoms with Gasteiger partial charge in [0.25, 0.3) is 0 Å². The first-order chi connectivity index (χ1) is 22.3. The van der Waals surface area contributed by atoms with Gasteiger partial charge in [-0.05, 0) is 48.5 Å². The van der Waals surface area contributed by atoms with Gasteiger partial charge < -0.3 is 9.13 Å². The van der Waals surface area contributed by atoms with E-state index in [1.54, 1.807) is 17.7 Å². The average molecular weight is 593 g/mol. The van der Waals surface area contributed by atoms with E-state index in [0.29, 0.717) is 0 Å². The predicted molar refractivity (Wildman–Crippen MR) is 189 cm³/mol. The molecule has 5 heteroatoms. The van der Waals surface area contributed by atoms with E-state index in [1.807, 2.05) is 0 Å². The first kappa shape index (κ1) is 24.6. The third-order valence-corrected chi connectivity index (χ3v) is 10.2. The van der Waals surface area contributed by atoms with Gasteiger partial charge in [-0.3, -0.25) is 0 Å². The maximum atomic E-state index is 4.83. The number of rotatable bonds is 3. The minimum absolute atomic E-state index is 0.967. The number of thiophene rings is 1. The molecule has 0 radical (unpaired) electrons. The van der Waals surface area contributed by atoms with Gasteiger partial charge in [0.05, 0.1) is 38.0 Å². The van der Waals surface area contributed by atoms with E-state index in [9.17, 15) is 0 Å². The molecule has 0 bridgehead atoms. The monoisotopic (exact) mass is 592 g/mol. The molecule has 0 spiro atoms. The maximum absolute atomic E-state index is 4.83. The largest absolute Gasteiger partial charge is 0.309 e. The second-order valence-corrected chi connectivity index (χ2v) is 12.5. The van der Waals surface area contributed by atoms with Crippen molar-refractivity contribution < 1.29 is 0 Å². The number of para-hydroxylation sites is 3. The Morgan fingerprint density at radius 1 is 0.489 bits per heavy atom. The number of benzene rings is 6. The lowest BCUT2D eigenvalue weighted by atomic mass is 10.1. The molecule has 0 aliphatic carbocycles. The van der Waals surface area contributed by atoms with Crippen LogP contribution >= 0.6 is 11.3 Å². The Hall–Kier alpha value is -5.78. The van der Waals surface area contributed by atoms with E-state index in [4.69, 9.17) is 9.97 Å². The van der Waals surface area contributed by atoms with Gasteiger partial charge in [0.1, 0.15) is 6.33 Å². The highest BCUT2D eigenvalue weighted by Crippen LogP contribution is 2.43. The van der Waals surface area contributed by atoms with E-state index in [0.717, 1.165) is 32.8 Å². The normalized spacial score (nSPS) is 12.0. The molecular formula is C40H24N4S. The number of hydrogen-bond donors (Lipinski definition) is 0. The SMILES string of the molecule is c1ccc(-n2c3ccccc3c3c2ccc2c4ccccc4n(-c4cccc(-c5ncnc6c5sc5ccccc56)c4)c23)cc1. The molecule has 0 saturated carbocycles. The summed E-state index contributed by atoms with van der Waals surface area (Å²) < 4.78 is 7.18. The third-order valence-electron chi connectivity index (χ3n) is 9.02. The number of nitrogens with zero attached hydrogens (tertiary/aromatic N) is 4. The van der Waals surface area contributed by atoms with Crippen LogP contribution in [0, 0.1) is 0 Å². The summed E-state index contributed by atoms with van der Waals surface area (Å²) in [5.41, 5.74) is 10.1. The highest BCUT2D eigenvalue weighted by Gasteiger charge is 2.21.